The average molecular weight is 364 g/mol. The summed E-state index contributed by atoms with van der Waals surface area (Å²) in [5.41, 5.74) is 1.09. The molecule has 4 nitrogen and oxygen atoms in total. The van der Waals surface area contributed by atoms with Crippen LogP contribution in [-0.4, -0.2) is 29.2 Å². The van der Waals surface area contributed by atoms with Crippen LogP contribution < -0.4 is 4.90 Å². The van der Waals surface area contributed by atoms with E-state index in [-0.39, 0.29) is 12.1 Å². The molecule has 0 bridgehead atoms. The molecule has 2 fully saturated rings. The Kier molecular flexibility index (Phi) is 4.37. The van der Waals surface area contributed by atoms with Crippen molar-refractivity contribution in [3.63, 3.8) is 0 Å². The highest BCUT2D eigenvalue weighted by Crippen LogP contribution is 2.39. The molecule has 0 spiro atoms. The van der Waals surface area contributed by atoms with Gasteiger partial charge in [0.15, 0.2) is 0 Å². The van der Waals surface area contributed by atoms with Crippen LogP contribution in [-0.2, 0) is 4.74 Å². The third-order valence-corrected chi connectivity index (χ3v) is 5.02. The number of halogens is 2. The minimum Gasteiger partial charge on any atom is -0.370 e. The lowest BCUT2D eigenvalue weighted by Crippen LogP contribution is -2.45. The Bertz CT molecular complexity index is 751. The third-order valence-electron chi connectivity index (χ3n) is 4.59. The number of hydrogen-bond acceptors (Lipinski definition) is 4. The summed E-state index contributed by atoms with van der Waals surface area (Å²) in [5.74, 6) is 2.23. The first kappa shape index (κ1) is 16.1. The fourth-order valence-corrected chi connectivity index (χ4v) is 3.46. The zero-order valence-electron chi connectivity index (χ0n) is 13.5. The highest BCUT2D eigenvalue weighted by Gasteiger charge is 2.31. The molecule has 1 aromatic carbocycles. The summed E-state index contributed by atoms with van der Waals surface area (Å²) in [6.07, 6.45) is 2.28. The van der Waals surface area contributed by atoms with Crippen LogP contribution in [0.1, 0.15) is 43.2 Å². The lowest BCUT2D eigenvalue weighted by Gasteiger charge is -2.39. The predicted molar refractivity (Wildman–Crippen MR) is 96.0 cm³/mol. The maximum atomic E-state index is 6.24. The first-order valence-electron chi connectivity index (χ1n) is 8.28. The van der Waals surface area contributed by atoms with Crippen molar-refractivity contribution in [2.75, 3.05) is 18.1 Å². The maximum absolute atomic E-state index is 6.24. The monoisotopic (exact) mass is 363 g/mol. The maximum Gasteiger partial charge on any atom is 0.135 e. The predicted octanol–water partition coefficient (Wildman–Crippen LogP) is 4.63. The zero-order chi connectivity index (χ0) is 16.7. The molecule has 0 N–H and O–H groups in total. The highest BCUT2D eigenvalue weighted by atomic mass is 35.5. The number of hydrogen-bond donors (Lipinski definition) is 0. The van der Waals surface area contributed by atoms with Crippen molar-refractivity contribution in [1.29, 1.82) is 0 Å². The van der Waals surface area contributed by atoms with Crippen molar-refractivity contribution < 1.29 is 4.74 Å². The fourth-order valence-electron chi connectivity index (χ4n) is 3.08. The third kappa shape index (κ3) is 3.37. The second-order valence-electron chi connectivity index (χ2n) is 6.56. The van der Waals surface area contributed by atoms with E-state index in [1.165, 1.54) is 0 Å². The Hall–Kier alpha value is -1.36. The fraction of sp³-hybridized carbons (Fsp3) is 0.444. The molecule has 2 aliphatic rings. The van der Waals surface area contributed by atoms with Gasteiger partial charge in [0.1, 0.15) is 22.9 Å². The molecule has 1 aliphatic carbocycles. The largest absolute Gasteiger partial charge is 0.370 e. The van der Waals surface area contributed by atoms with Crippen LogP contribution in [0.25, 0.3) is 0 Å². The van der Waals surface area contributed by atoms with Gasteiger partial charge in [-0.05, 0) is 37.5 Å². The summed E-state index contributed by atoms with van der Waals surface area (Å²) < 4.78 is 6.03. The van der Waals surface area contributed by atoms with E-state index < -0.39 is 0 Å². The van der Waals surface area contributed by atoms with Crippen LogP contribution in [0.2, 0.25) is 10.2 Å². The van der Waals surface area contributed by atoms with Crippen molar-refractivity contribution in [3.8, 4) is 0 Å². The summed E-state index contributed by atoms with van der Waals surface area (Å²) >= 11 is 12.4. The van der Waals surface area contributed by atoms with Gasteiger partial charge in [0.2, 0.25) is 0 Å². The van der Waals surface area contributed by atoms with Crippen molar-refractivity contribution in [2.24, 2.45) is 0 Å². The number of ether oxygens (including phenoxy) is 1. The van der Waals surface area contributed by atoms with Gasteiger partial charge in [0.25, 0.3) is 0 Å². The van der Waals surface area contributed by atoms with Crippen molar-refractivity contribution >= 4 is 29.0 Å². The Balaban J connectivity index is 1.61. The second kappa shape index (κ2) is 6.51. The lowest BCUT2D eigenvalue weighted by molar-refractivity contribution is 0.0212. The zero-order valence-corrected chi connectivity index (χ0v) is 15.0. The molecule has 0 radical (unpaired) electrons. The molecule has 2 heterocycles. The molecule has 2 aromatic rings. The normalized spacial score (nSPS) is 24.2. The van der Waals surface area contributed by atoms with Crippen LogP contribution in [0.5, 0.6) is 0 Å². The van der Waals surface area contributed by atoms with E-state index in [1.807, 2.05) is 30.3 Å². The highest BCUT2D eigenvalue weighted by molar-refractivity contribution is 6.30. The van der Waals surface area contributed by atoms with Crippen molar-refractivity contribution in [2.45, 2.75) is 37.8 Å². The van der Waals surface area contributed by atoms with Gasteiger partial charge in [-0.15, -0.1) is 0 Å². The van der Waals surface area contributed by atoms with E-state index >= 15 is 0 Å². The number of nitrogens with zero attached hydrogens (tertiary/aromatic N) is 3. The van der Waals surface area contributed by atoms with E-state index in [4.69, 9.17) is 32.9 Å². The van der Waals surface area contributed by atoms with E-state index in [1.54, 1.807) is 0 Å². The first-order chi connectivity index (χ1) is 11.6. The summed E-state index contributed by atoms with van der Waals surface area (Å²) in [6.45, 7) is 3.50. The quantitative estimate of drug-likeness (QED) is 0.745. The Morgan fingerprint density at radius 3 is 2.75 bits per heavy atom. The smallest absolute Gasteiger partial charge is 0.135 e. The number of rotatable bonds is 3. The van der Waals surface area contributed by atoms with Gasteiger partial charge in [0, 0.05) is 17.0 Å². The van der Waals surface area contributed by atoms with Gasteiger partial charge in [-0.2, -0.15) is 0 Å². The Morgan fingerprint density at radius 1 is 1.17 bits per heavy atom. The minimum atomic E-state index is -0.0296. The molecule has 4 rings (SSSR count). The van der Waals surface area contributed by atoms with Crippen LogP contribution in [0.15, 0.2) is 30.3 Å². The van der Waals surface area contributed by atoms with E-state index in [9.17, 15) is 0 Å². The molecule has 6 heteroatoms. The van der Waals surface area contributed by atoms with Crippen LogP contribution >= 0.6 is 23.2 Å². The van der Waals surface area contributed by atoms with Gasteiger partial charge in [0.05, 0.1) is 19.2 Å². The molecule has 1 saturated carbocycles. The van der Waals surface area contributed by atoms with Gasteiger partial charge >= 0.3 is 0 Å². The molecule has 2 unspecified atom stereocenters. The van der Waals surface area contributed by atoms with Crippen LogP contribution in [0, 0.1) is 0 Å². The topological polar surface area (TPSA) is 38.2 Å². The number of benzene rings is 1. The number of morpholine rings is 1. The molecular formula is C18H19Cl2N3O. The molecule has 1 aromatic heterocycles. The molecule has 2 atom stereocenters. The summed E-state index contributed by atoms with van der Waals surface area (Å²) in [7, 11) is 0. The van der Waals surface area contributed by atoms with E-state index in [2.05, 4.69) is 16.8 Å². The van der Waals surface area contributed by atoms with Crippen molar-refractivity contribution in [1.82, 2.24) is 9.97 Å². The van der Waals surface area contributed by atoms with Crippen molar-refractivity contribution in [3.05, 3.63) is 51.9 Å². The SMILES string of the molecule is CC1COC(c2cccc(Cl)c2)CN1c1cc(Cl)nc(C2CC2)n1. The van der Waals surface area contributed by atoms with Gasteiger partial charge < -0.3 is 9.64 Å². The van der Waals surface area contributed by atoms with Crippen LogP contribution in [0.4, 0.5) is 5.82 Å². The van der Waals surface area contributed by atoms with Gasteiger partial charge in [-0.3, -0.25) is 0 Å². The van der Waals surface area contributed by atoms with Gasteiger partial charge in [-0.1, -0.05) is 35.3 Å². The van der Waals surface area contributed by atoms with Gasteiger partial charge in [-0.25, -0.2) is 9.97 Å². The minimum absolute atomic E-state index is 0.0296. The molecule has 0 amide bonds. The van der Waals surface area contributed by atoms with E-state index in [0.29, 0.717) is 17.7 Å². The van der Waals surface area contributed by atoms with E-state index in [0.717, 1.165) is 41.6 Å². The first-order valence-corrected chi connectivity index (χ1v) is 9.04. The number of aromatic nitrogens is 2. The van der Waals surface area contributed by atoms with Crippen LogP contribution in [0.3, 0.4) is 0 Å². The Labute approximate surface area is 151 Å². The Morgan fingerprint density at radius 2 is 2.00 bits per heavy atom. The average Bonchev–Trinajstić information content (AvgIpc) is 3.39. The summed E-state index contributed by atoms with van der Waals surface area (Å²) in [4.78, 5) is 11.4. The molecular weight excluding hydrogens is 345 g/mol. The lowest BCUT2D eigenvalue weighted by atomic mass is 10.1. The molecule has 1 saturated heterocycles. The standard InChI is InChI=1S/C18H19Cl2N3O/c1-11-10-24-15(13-3-2-4-14(19)7-13)9-23(11)17-8-16(20)21-18(22-17)12-5-6-12/h2-4,7-8,11-12,15H,5-6,9-10H2,1H3. The molecule has 1 aliphatic heterocycles. The molecule has 24 heavy (non-hydrogen) atoms. The second-order valence-corrected chi connectivity index (χ2v) is 7.38. The molecule has 126 valence electrons. The summed E-state index contributed by atoms with van der Waals surface area (Å²) in [5, 5.41) is 1.24. The summed E-state index contributed by atoms with van der Waals surface area (Å²) in [6, 6.07) is 9.93. The number of anilines is 1.